The summed E-state index contributed by atoms with van der Waals surface area (Å²) in [6.45, 7) is 4.21. The van der Waals surface area contributed by atoms with E-state index in [1.165, 1.54) is 0 Å². The number of carbonyl (C=O) groups excluding carboxylic acids is 5. The third kappa shape index (κ3) is 8.41. The molecule has 1 rings (SSSR count). The molecule has 5 unspecified atom stereocenters. The Labute approximate surface area is 177 Å². The van der Waals surface area contributed by atoms with Crippen LogP contribution in [0.15, 0.2) is 0 Å². The van der Waals surface area contributed by atoms with E-state index in [2.05, 4.69) is 10.6 Å². The summed E-state index contributed by atoms with van der Waals surface area (Å²) < 4.78 is 26.2. The van der Waals surface area contributed by atoms with E-state index in [1.54, 1.807) is 0 Å². The van der Waals surface area contributed by atoms with Gasteiger partial charge in [0.2, 0.25) is 6.29 Å². The molecule has 0 radical (unpaired) electrons. The molecule has 0 spiro atoms. The molecule has 1 heterocycles. The molecule has 0 aromatic rings. The highest BCUT2D eigenvalue weighted by Gasteiger charge is 2.52. The van der Waals surface area contributed by atoms with Crippen LogP contribution in [0.1, 0.15) is 27.7 Å². The van der Waals surface area contributed by atoms with Crippen molar-refractivity contribution in [3.63, 3.8) is 0 Å². The normalized spacial score (nSPS) is 25.4. The van der Waals surface area contributed by atoms with E-state index in [4.69, 9.17) is 35.3 Å². The molecular weight excluding hydrogens is 428 g/mol. The first kappa shape index (κ1) is 25.4. The summed E-state index contributed by atoms with van der Waals surface area (Å²) in [6.07, 6.45) is -5.21. The Morgan fingerprint density at radius 3 is 1.93 bits per heavy atom. The Bertz CT molecular complexity index is 658. The number of hydrogen-bond acceptors (Lipinski definition) is 10. The van der Waals surface area contributed by atoms with Gasteiger partial charge in [0.05, 0.1) is 0 Å². The zero-order valence-corrected chi connectivity index (χ0v) is 17.7. The van der Waals surface area contributed by atoms with Crippen molar-refractivity contribution in [2.45, 2.75) is 58.3 Å². The van der Waals surface area contributed by atoms with Crippen LogP contribution < -0.4 is 10.6 Å². The molecule has 12 nitrogen and oxygen atoms in total. The van der Waals surface area contributed by atoms with Crippen LogP contribution in [0.4, 0.5) is 4.79 Å². The van der Waals surface area contributed by atoms with E-state index in [9.17, 15) is 24.0 Å². The second-order valence-electron chi connectivity index (χ2n) is 6.22. The molecule has 5 atom stereocenters. The monoisotopic (exact) mass is 452 g/mol. The second-order valence-corrected chi connectivity index (χ2v) is 6.60. The molecule has 30 heavy (non-hydrogen) atoms. The van der Waals surface area contributed by atoms with Gasteiger partial charge in [-0.3, -0.25) is 19.2 Å². The van der Waals surface area contributed by atoms with Gasteiger partial charge in [-0.25, -0.2) is 4.79 Å². The Kier molecular flexibility index (Phi) is 10.3. The van der Waals surface area contributed by atoms with Crippen molar-refractivity contribution in [1.29, 1.82) is 0 Å². The molecule has 2 N–H and O–H groups in total. The van der Waals surface area contributed by atoms with Crippen molar-refractivity contribution in [3.8, 4) is 0 Å². The number of halogens is 1. The lowest BCUT2D eigenvalue weighted by molar-refractivity contribution is -0.270. The molecule has 0 aliphatic carbocycles. The second kappa shape index (κ2) is 12.2. The molecule has 13 heteroatoms. The number of alkyl halides is 1. The Morgan fingerprint density at radius 2 is 1.43 bits per heavy atom. The maximum atomic E-state index is 12.2. The average Bonchev–Trinajstić information content (AvgIpc) is 2.62. The summed E-state index contributed by atoms with van der Waals surface area (Å²) in [5.41, 5.74) is 0. The molecule has 0 bridgehead atoms. The fraction of sp³-hybridized carbons (Fsp3) is 0.706. The average molecular weight is 453 g/mol. The molecule has 1 fully saturated rings. The lowest BCUT2D eigenvalue weighted by Crippen LogP contribution is -2.67. The zero-order valence-electron chi connectivity index (χ0n) is 17.0. The standard InChI is InChI=1S/C17H25ClN2O10/c1-8(21)26-7-12-14(27-9(2)22)15(28-10(3)23)13(16(30-12)29-11(4)24)20-17(25)19-6-5-18/h12-16H,5-7H2,1-4H3,(H2,19,20,25). The number of rotatable bonds is 8. The lowest BCUT2D eigenvalue weighted by Gasteiger charge is -2.44. The molecule has 1 saturated heterocycles. The smallest absolute Gasteiger partial charge is 0.315 e. The third-order valence-electron chi connectivity index (χ3n) is 3.66. The van der Waals surface area contributed by atoms with Gasteiger partial charge in [0.25, 0.3) is 0 Å². The van der Waals surface area contributed by atoms with Crippen LogP contribution in [0.5, 0.6) is 0 Å². The molecule has 170 valence electrons. The predicted molar refractivity (Wildman–Crippen MR) is 99.2 cm³/mol. The van der Waals surface area contributed by atoms with Gasteiger partial charge in [0, 0.05) is 40.1 Å². The van der Waals surface area contributed by atoms with Crippen LogP contribution in [0, 0.1) is 0 Å². The Balaban J connectivity index is 3.28. The number of ether oxygens (including phenoxy) is 5. The lowest BCUT2D eigenvalue weighted by atomic mass is 9.96. The highest BCUT2D eigenvalue weighted by atomic mass is 35.5. The predicted octanol–water partition coefficient (Wildman–Crippen LogP) is -0.392. The molecular formula is C17H25ClN2O10. The Morgan fingerprint density at radius 1 is 0.867 bits per heavy atom. The molecule has 1 aliphatic rings. The highest BCUT2D eigenvalue weighted by Crippen LogP contribution is 2.28. The van der Waals surface area contributed by atoms with E-state index in [-0.39, 0.29) is 12.4 Å². The van der Waals surface area contributed by atoms with Crippen LogP contribution in [0.3, 0.4) is 0 Å². The van der Waals surface area contributed by atoms with Crippen molar-refractivity contribution in [2.24, 2.45) is 0 Å². The van der Waals surface area contributed by atoms with E-state index < -0.39 is 67.2 Å². The summed E-state index contributed by atoms with van der Waals surface area (Å²) >= 11 is 5.54. The van der Waals surface area contributed by atoms with Gasteiger partial charge in [-0.2, -0.15) is 0 Å². The number of nitrogens with one attached hydrogen (secondary N) is 2. The van der Waals surface area contributed by atoms with Gasteiger partial charge in [-0.1, -0.05) is 0 Å². The highest BCUT2D eigenvalue weighted by molar-refractivity contribution is 6.18. The number of hydrogen-bond donors (Lipinski definition) is 2. The fourth-order valence-corrected chi connectivity index (χ4v) is 2.78. The van der Waals surface area contributed by atoms with Gasteiger partial charge in [0.15, 0.2) is 12.2 Å². The SMILES string of the molecule is CC(=O)OCC1OC(OC(C)=O)C(NC(=O)NCCCl)C(OC(C)=O)C1OC(C)=O. The quantitative estimate of drug-likeness (QED) is 0.282. The van der Waals surface area contributed by atoms with Crippen molar-refractivity contribution < 1.29 is 47.7 Å². The first-order valence-corrected chi connectivity index (χ1v) is 9.49. The number of carbonyl (C=O) groups is 5. The maximum Gasteiger partial charge on any atom is 0.315 e. The van der Waals surface area contributed by atoms with Crippen LogP contribution in [-0.2, 0) is 42.9 Å². The van der Waals surface area contributed by atoms with Gasteiger partial charge in [-0.05, 0) is 0 Å². The van der Waals surface area contributed by atoms with Crippen LogP contribution >= 0.6 is 11.6 Å². The maximum absolute atomic E-state index is 12.2. The van der Waals surface area contributed by atoms with E-state index >= 15 is 0 Å². The van der Waals surface area contributed by atoms with E-state index in [0.29, 0.717) is 0 Å². The fourth-order valence-electron chi connectivity index (χ4n) is 2.68. The van der Waals surface area contributed by atoms with Gasteiger partial charge in [-0.15, -0.1) is 11.6 Å². The summed E-state index contributed by atoms with van der Waals surface area (Å²) in [5, 5.41) is 4.90. The van der Waals surface area contributed by atoms with Crippen LogP contribution in [-0.4, -0.2) is 79.6 Å². The molecule has 0 aromatic heterocycles. The molecule has 0 saturated carbocycles. The van der Waals surface area contributed by atoms with Crippen molar-refractivity contribution in [3.05, 3.63) is 0 Å². The molecule has 2 amide bonds. The Hall–Kier alpha value is -2.60. The molecule has 0 aromatic carbocycles. The summed E-state index contributed by atoms with van der Waals surface area (Å²) in [7, 11) is 0. The van der Waals surface area contributed by atoms with Gasteiger partial charge < -0.3 is 34.3 Å². The zero-order chi connectivity index (χ0) is 22.8. The number of amides is 2. The summed E-state index contributed by atoms with van der Waals surface area (Å²) in [4.78, 5) is 58.3. The first-order valence-electron chi connectivity index (χ1n) is 8.96. The van der Waals surface area contributed by atoms with Gasteiger partial charge in [0.1, 0.15) is 18.8 Å². The topological polar surface area (TPSA) is 156 Å². The van der Waals surface area contributed by atoms with Gasteiger partial charge >= 0.3 is 29.9 Å². The van der Waals surface area contributed by atoms with E-state index in [1.807, 2.05) is 0 Å². The first-order chi connectivity index (χ1) is 14.0. The van der Waals surface area contributed by atoms with Crippen molar-refractivity contribution >= 4 is 41.5 Å². The molecule has 1 aliphatic heterocycles. The van der Waals surface area contributed by atoms with Crippen molar-refractivity contribution in [2.75, 3.05) is 19.0 Å². The minimum Gasteiger partial charge on any atom is -0.463 e. The number of urea groups is 1. The van der Waals surface area contributed by atoms with Crippen LogP contribution in [0.2, 0.25) is 0 Å². The minimum absolute atomic E-state index is 0.125. The largest absolute Gasteiger partial charge is 0.463 e. The summed E-state index contributed by atoms with van der Waals surface area (Å²) in [6, 6.07) is -1.98. The van der Waals surface area contributed by atoms with Crippen molar-refractivity contribution in [1.82, 2.24) is 10.6 Å². The van der Waals surface area contributed by atoms with E-state index in [0.717, 1.165) is 27.7 Å². The van der Waals surface area contributed by atoms with Crippen LogP contribution in [0.25, 0.3) is 0 Å². The minimum atomic E-state index is -1.44. The summed E-state index contributed by atoms with van der Waals surface area (Å²) in [5.74, 6) is -2.78. The third-order valence-corrected chi connectivity index (χ3v) is 3.85. The number of esters is 4.